The lowest BCUT2D eigenvalue weighted by molar-refractivity contribution is -0.122. The van der Waals surface area contributed by atoms with E-state index in [4.69, 9.17) is 9.31 Å². The maximum Gasteiger partial charge on any atom is 0.481 e. The van der Waals surface area contributed by atoms with Gasteiger partial charge in [-0.15, -0.1) is 4.91 Å². The van der Waals surface area contributed by atoms with Gasteiger partial charge in [-0.2, -0.15) is 0 Å². The van der Waals surface area contributed by atoms with Gasteiger partial charge in [-0.3, -0.25) is 4.79 Å². The lowest BCUT2D eigenvalue weighted by Gasteiger charge is -2.32. The number of hydrogen-bond donors (Lipinski definition) is 1. The van der Waals surface area contributed by atoms with Crippen molar-refractivity contribution in [2.45, 2.75) is 77.6 Å². The molecule has 1 N–H and O–H groups in total. The number of carbonyl (C=O) groups excluding carboxylic acids is 1. The standard InChI is InChI=1S/C20H31BN2O4/c1-14(2)12-17(21-26-19(3,4)20(5,6)27-21)22-18(24)16(23-25)13-15-10-8-7-9-11-15/h7-11,14,16-17H,12-13H2,1-6H3,(H,22,24)/t16-,17-/m0/s1. The quantitative estimate of drug-likeness (QED) is 0.558. The molecule has 1 aromatic carbocycles. The third-order valence-corrected chi connectivity index (χ3v) is 5.35. The van der Waals surface area contributed by atoms with Crippen molar-refractivity contribution in [3.63, 3.8) is 0 Å². The Balaban J connectivity index is 2.10. The van der Waals surface area contributed by atoms with Crippen LogP contribution >= 0.6 is 0 Å². The minimum Gasteiger partial charge on any atom is -0.402 e. The molecule has 0 radical (unpaired) electrons. The monoisotopic (exact) mass is 374 g/mol. The molecule has 0 aromatic heterocycles. The zero-order valence-electron chi connectivity index (χ0n) is 17.2. The molecule has 1 saturated heterocycles. The van der Waals surface area contributed by atoms with E-state index in [2.05, 4.69) is 24.3 Å². The summed E-state index contributed by atoms with van der Waals surface area (Å²) in [6.45, 7) is 12.1. The predicted octanol–water partition coefficient (Wildman–Crippen LogP) is 3.53. The van der Waals surface area contributed by atoms with Crippen LogP contribution in [-0.2, 0) is 20.5 Å². The molecule has 1 heterocycles. The van der Waals surface area contributed by atoms with Gasteiger partial charge in [0, 0.05) is 6.42 Å². The van der Waals surface area contributed by atoms with E-state index >= 15 is 0 Å². The van der Waals surface area contributed by atoms with E-state index in [-0.39, 0.29) is 12.4 Å². The average Bonchev–Trinajstić information content (AvgIpc) is 2.80. The Morgan fingerprint density at radius 1 is 1.11 bits per heavy atom. The fourth-order valence-corrected chi connectivity index (χ4v) is 3.09. The maximum atomic E-state index is 12.7. The Morgan fingerprint density at radius 2 is 1.67 bits per heavy atom. The molecular formula is C20H31BN2O4. The largest absolute Gasteiger partial charge is 0.481 e. The van der Waals surface area contributed by atoms with E-state index in [1.165, 1.54) is 0 Å². The molecule has 148 valence electrons. The third-order valence-electron chi connectivity index (χ3n) is 5.35. The Labute approximate surface area is 162 Å². The van der Waals surface area contributed by atoms with Gasteiger partial charge in [0.2, 0.25) is 5.91 Å². The number of hydrogen-bond acceptors (Lipinski definition) is 5. The van der Waals surface area contributed by atoms with Gasteiger partial charge in [-0.25, -0.2) is 0 Å². The van der Waals surface area contributed by atoms with Gasteiger partial charge in [0.1, 0.15) is 0 Å². The van der Waals surface area contributed by atoms with E-state index in [9.17, 15) is 9.70 Å². The number of rotatable bonds is 8. The first-order valence-corrected chi connectivity index (χ1v) is 9.58. The molecule has 0 spiro atoms. The number of nitrogens with one attached hydrogen (secondary N) is 1. The number of amides is 1. The summed E-state index contributed by atoms with van der Waals surface area (Å²) in [6.07, 6.45) is 0.952. The van der Waals surface area contributed by atoms with E-state index in [1.54, 1.807) is 0 Å². The van der Waals surface area contributed by atoms with Crippen molar-refractivity contribution < 1.29 is 14.1 Å². The first-order valence-electron chi connectivity index (χ1n) is 9.58. The molecule has 2 rings (SSSR count). The highest BCUT2D eigenvalue weighted by molar-refractivity contribution is 6.48. The molecular weight excluding hydrogens is 343 g/mol. The van der Waals surface area contributed by atoms with Gasteiger partial charge in [-0.1, -0.05) is 49.4 Å². The van der Waals surface area contributed by atoms with Crippen molar-refractivity contribution in [1.82, 2.24) is 5.32 Å². The minimum atomic E-state index is -0.982. The molecule has 2 atom stereocenters. The molecule has 1 amide bonds. The highest BCUT2D eigenvalue weighted by Crippen LogP contribution is 2.38. The fraction of sp³-hybridized carbons (Fsp3) is 0.650. The highest BCUT2D eigenvalue weighted by atomic mass is 16.7. The Morgan fingerprint density at radius 3 is 2.15 bits per heavy atom. The number of carbonyl (C=O) groups is 1. The predicted molar refractivity (Wildman–Crippen MR) is 107 cm³/mol. The zero-order valence-corrected chi connectivity index (χ0v) is 17.2. The molecule has 0 aliphatic carbocycles. The summed E-state index contributed by atoms with van der Waals surface area (Å²) >= 11 is 0. The summed E-state index contributed by atoms with van der Waals surface area (Å²) in [7, 11) is -0.564. The van der Waals surface area contributed by atoms with Gasteiger partial charge in [0.05, 0.1) is 17.1 Å². The molecule has 6 nitrogen and oxygen atoms in total. The maximum absolute atomic E-state index is 12.7. The van der Waals surface area contributed by atoms with Crippen LogP contribution in [0.15, 0.2) is 35.5 Å². The Hall–Kier alpha value is -1.73. The Kier molecular flexibility index (Phi) is 6.81. The molecule has 1 aliphatic heterocycles. The van der Waals surface area contributed by atoms with E-state index in [0.29, 0.717) is 12.3 Å². The molecule has 7 heteroatoms. The van der Waals surface area contributed by atoms with Crippen LogP contribution in [0, 0.1) is 10.8 Å². The second kappa shape index (κ2) is 8.53. The normalized spacial score (nSPS) is 20.3. The number of nitroso groups, excluding NO2 is 1. The average molecular weight is 374 g/mol. The van der Waals surface area contributed by atoms with Gasteiger partial charge < -0.3 is 14.6 Å². The smallest absolute Gasteiger partial charge is 0.402 e. The van der Waals surface area contributed by atoms with Crippen molar-refractivity contribution >= 4 is 13.0 Å². The van der Waals surface area contributed by atoms with Gasteiger partial charge >= 0.3 is 7.12 Å². The first-order chi connectivity index (χ1) is 12.6. The summed E-state index contributed by atoms with van der Waals surface area (Å²) in [5.41, 5.74) is -0.0678. The van der Waals surface area contributed by atoms with E-state index in [0.717, 1.165) is 5.56 Å². The van der Waals surface area contributed by atoms with Crippen molar-refractivity contribution in [1.29, 1.82) is 0 Å². The summed E-state index contributed by atoms with van der Waals surface area (Å²) in [4.78, 5) is 24.0. The molecule has 1 fully saturated rings. The molecule has 0 saturated carbocycles. The second-order valence-corrected chi connectivity index (χ2v) is 8.68. The van der Waals surface area contributed by atoms with Crippen molar-refractivity contribution in [2.24, 2.45) is 11.1 Å². The molecule has 0 unspecified atom stereocenters. The number of nitrogens with zero attached hydrogens (tertiary/aromatic N) is 1. The van der Waals surface area contributed by atoms with E-state index in [1.807, 2.05) is 58.0 Å². The summed E-state index contributed by atoms with van der Waals surface area (Å²) in [6, 6.07) is 8.42. The molecule has 1 aliphatic rings. The topological polar surface area (TPSA) is 77.0 Å². The molecule has 27 heavy (non-hydrogen) atoms. The van der Waals surface area contributed by atoms with Crippen LogP contribution in [0.25, 0.3) is 0 Å². The first kappa shape index (κ1) is 21.6. The Bertz CT molecular complexity index is 633. The molecule has 1 aromatic rings. The summed E-state index contributed by atoms with van der Waals surface area (Å²) < 4.78 is 12.2. The van der Waals surface area contributed by atoms with Crippen LogP contribution in [-0.4, -0.2) is 36.2 Å². The lowest BCUT2D eigenvalue weighted by atomic mass is 9.74. The summed E-state index contributed by atoms with van der Waals surface area (Å²) in [5.74, 6) is -0.418. The van der Waals surface area contributed by atoms with Crippen molar-refractivity contribution in [2.75, 3.05) is 0 Å². The second-order valence-electron chi connectivity index (χ2n) is 8.68. The van der Waals surface area contributed by atoms with Gasteiger partial charge in [0.25, 0.3) is 0 Å². The van der Waals surface area contributed by atoms with Gasteiger partial charge in [-0.05, 0) is 45.6 Å². The zero-order chi connectivity index (χ0) is 20.2. The fourth-order valence-electron chi connectivity index (χ4n) is 3.09. The van der Waals surface area contributed by atoms with Crippen LogP contribution < -0.4 is 5.32 Å². The summed E-state index contributed by atoms with van der Waals surface area (Å²) in [5, 5.41) is 6.01. The van der Waals surface area contributed by atoms with Crippen LogP contribution in [0.1, 0.15) is 53.5 Å². The van der Waals surface area contributed by atoms with E-state index < -0.39 is 30.3 Å². The minimum absolute atomic E-state index is 0.272. The van der Waals surface area contributed by atoms with Crippen LogP contribution in [0.5, 0.6) is 0 Å². The third kappa shape index (κ3) is 5.39. The SMILES string of the molecule is CC(C)C[C@H](NC(=O)[C@H](Cc1ccccc1)N=O)B1OC(C)(C)C(C)(C)O1. The van der Waals surface area contributed by atoms with Crippen molar-refractivity contribution in [3.8, 4) is 0 Å². The molecule has 0 bridgehead atoms. The lowest BCUT2D eigenvalue weighted by Crippen LogP contribution is -2.51. The van der Waals surface area contributed by atoms with Crippen LogP contribution in [0.2, 0.25) is 0 Å². The van der Waals surface area contributed by atoms with Crippen molar-refractivity contribution in [3.05, 3.63) is 40.8 Å². The highest BCUT2D eigenvalue weighted by Gasteiger charge is 2.54. The van der Waals surface area contributed by atoms with Crippen LogP contribution in [0.4, 0.5) is 0 Å². The number of benzene rings is 1. The van der Waals surface area contributed by atoms with Gasteiger partial charge in [0.15, 0.2) is 6.04 Å². The van der Waals surface area contributed by atoms with Crippen LogP contribution in [0.3, 0.4) is 0 Å².